The molecular weight excluding hydrogens is 486 g/mol. The summed E-state index contributed by atoms with van der Waals surface area (Å²) in [6.45, 7) is 2.59. The summed E-state index contributed by atoms with van der Waals surface area (Å²) in [4.78, 5) is 15.5. The molecule has 1 amide bonds. The minimum absolute atomic E-state index is 0.0363. The van der Waals surface area contributed by atoms with Crippen LogP contribution in [0.1, 0.15) is 72.0 Å². The second-order valence-electron chi connectivity index (χ2n) is 10.8. The van der Waals surface area contributed by atoms with E-state index in [9.17, 15) is 13.2 Å². The predicted octanol–water partition coefficient (Wildman–Crippen LogP) is 4.12. The highest BCUT2D eigenvalue weighted by Crippen LogP contribution is 2.49. The first-order valence-corrected chi connectivity index (χ1v) is 14.7. The van der Waals surface area contributed by atoms with Crippen LogP contribution < -0.4 is 15.4 Å². The van der Waals surface area contributed by atoms with Gasteiger partial charge in [0.1, 0.15) is 0 Å². The molecule has 1 aromatic heterocycles. The molecule has 1 aliphatic carbocycles. The van der Waals surface area contributed by atoms with Crippen molar-refractivity contribution in [1.29, 1.82) is 0 Å². The maximum atomic E-state index is 13.0. The molecule has 0 radical (unpaired) electrons. The number of benzene rings is 2. The number of hydrogen-bond donors (Lipinski definition) is 2. The van der Waals surface area contributed by atoms with E-state index in [1.54, 1.807) is 6.07 Å². The Hall–Kier alpha value is -2.88. The largest absolute Gasteiger partial charge is 0.369 e. The van der Waals surface area contributed by atoms with Crippen LogP contribution in [0.25, 0.3) is 22.2 Å². The van der Waals surface area contributed by atoms with Crippen molar-refractivity contribution in [2.24, 2.45) is 5.73 Å². The molecule has 9 heteroatoms. The molecule has 1 fully saturated rings. The molecule has 37 heavy (non-hydrogen) atoms. The molecule has 8 nitrogen and oxygen atoms in total. The van der Waals surface area contributed by atoms with Gasteiger partial charge in [-0.25, -0.2) is 4.72 Å². The second kappa shape index (κ2) is 9.15. The highest BCUT2D eigenvalue weighted by molar-refractivity contribution is 7.87. The number of nitrogens with zero attached hydrogens (tertiary/aromatic N) is 3. The molecule has 0 bridgehead atoms. The van der Waals surface area contributed by atoms with E-state index in [4.69, 9.17) is 5.73 Å². The molecule has 1 saturated carbocycles. The summed E-state index contributed by atoms with van der Waals surface area (Å²) in [6.07, 6.45) is 6.99. The normalized spacial score (nSPS) is 20.0. The number of nitrogens with one attached hydrogen (secondary N) is 1. The van der Waals surface area contributed by atoms with Crippen molar-refractivity contribution >= 4 is 32.7 Å². The zero-order valence-corrected chi connectivity index (χ0v) is 22.4. The van der Waals surface area contributed by atoms with Crippen LogP contribution >= 0.6 is 0 Å². The Kier molecular flexibility index (Phi) is 6.05. The molecule has 3 N–H and O–H groups in total. The molecule has 3 heterocycles. The van der Waals surface area contributed by atoms with E-state index in [1.165, 1.54) is 66.8 Å². The van der Waals surface area contributed by atoms with Crippen LogP contribution in [-0.2, 0) is 16.8 Å². The number of para-hydroxylation sites is 1. The van der Waals surface area contributed by atoms with E-state index in [1.807, 2.05) is 12.1 Å². The van der Waals surface area contributed by atoms with Gasteiger partial charge in [-0.15, -0.1) is 0 Å². The van der Waals surface area contributed by atoms with Gasteiger partial charge in [0.25, 0.3) is 5.91 Å². The summed E-state index contributed by atoms with van der Waals surface area (Å²) < 4.78 is 30.2. The van der Waals surface area contributed by atoms with Crippen molar-refractivity contribution in [3.8, 4) is 11.3 Å². The van der Waals surface area contributed by atoms with Gasteiger partial charge < -0.3 is 15.2 Å². The van der Waals surface area contributed by atoms with Gasteiger partial charge in [0.2, 0.25) is 0 Å². The molecule has 2 aliphatic heterocycles. The monoisotopic (exact) mass is 521 g/mol. The maximum Gasteiger partial charge on any atom is 0.303 e. The second-order valence-corrected chi connectivity index (χ2v) is 12.7. The first-order chi connectivity index (χ1) is 17.8. The Balaban J connectivity index is 1.57. The van der Waals surface area contributed by atoms with Crippen LogP contribution in [-0.4, -0.2) is 50.4 Å². The first kappa shape index (κ1) is 24.5. The van der Waals surface area contributed by atoms with Gasteiger partial charge in [0.15, 0.2) is 0 Å². The van der Waals surface area contributed by atoms with Gasteiger partial charge in [-0.2, -0.15) is 12.7 Å². The first-order valence-electron chi connectivity index (χ1n) is 13.3. The number of carbonyl (C=O) groups is 1. The van der Waals surface area contributed by atoms with E-state index in [0.717, 1.165) is 48.7 Å². The summed E-state index contributed by atoms with van der Waals surface area (Å²) in [5.74, 6) is -0.159. The van der Waals surface area contributed by atoms with Crippen LogP contribution in [0.4, 0.5) is 5.69 Å². The van der Waals surface area contributed by atoms with Gasteiger partial charge in [0.05, 0.1) is 11.4 Å². The summed E-state index contributed by atoms with van der Waals surface area (Å²) >= 11 is 0. The fourth-order valence-electron chi connectivity index (χ4n) is 6.52. The Labute approximate surface area is 218 Å². The quantitative estimate of drug-likeness (QED) is 0.538. The molecular formula is C28H35N5O3S. The molecule has 1 atom stereocenters. The van der Waals surface area contributed by atoms with Crippen molar-refractivity contribution in [3.63, 3.8) is 0 Å². The van der Waals surface area contributed by atoms with Crippen LogP contribution in [0, 0.1) is 0 Å². The van der Waals surface area contributed by atoms with E-state index in [-0.39, 0.29) is 6.04 Å². The van der Waals surface area contributed by atoms with Crippen LogP contribution in [0.15, 0.2) is 36.4 Å². The van der Waals surface area contributed by atoms with Gasteiger partial charge in [-0.05, 0) is 48.4 Å². The van der Waals surface area contributed by atoms with E-state index in [2.05, 4.69) is 32.4 Å². The SMILES string of the molecule is CN(C)S(=O)(=O)NC(=O)c1ccc2c(C3CCCCC3)c3n(c2c1)CCN1CC[C@@H](N)c2cccc-3c21. The van der Waals surface area contributed by atoms with E-state index in [0.29, 0.717) is 11.5 Å². The lowest BCUT2D eigenvalue weighted by Gasteiger charge is -2.35. The molecule has 0 spiro atoms. The summed E-state index contributed by atoms with van der Waals surface area (Å²) in [5, 5.41) is 1.17. The zero-order valence-electron chi connectivity index (χ0n) is 21.5. The Bertz CT molecular complexity index is 1490. The van der Waals surface area contributed by atoms with Gasteiger partial charge in [0, 0.05) is 61.8 Å². The van der Waals surface area contributed by atoms with Gasteiger partial charge >= 0.3 is 10.2 Å². The summed E-state index contributed by atoms with van der Waals surface area (Å²) in [7, 11) is -1.08. The standard InChI is InChI=1S/C28H35N5O3S/c1-31(2)37(35,36)30-28(34)19-11-12-21-24(17-19)33-16-15-32-14-13-23(29)20-9-6-10-22(26(20)32)27(33)25(21)18-7-4-3-5-8-18/h6,9-12,17-18,23H,3-5,7-8,13-16,29H2,1-2H3,(H,30,34)/t23-/m1/s1. The van der Waals surface area contributed by atoms with Crippen molar-refractivity contribution in [1.82, 2.24) is 13.6 Å². The number of rotatable bonds is 4. The van der Waals surface area contributed by atoms with Crippen LogP contribution in [0.5, 0.6) is 0 Å². The molecule has 6 rings (SSSR count). The number of aromatic nitrogens is 1. The minimum atomic E-state index is -3.88. The summed E-state index contributed by atoms with van der Waals surface area (Å²) in [6, 6.07) is 12.2. The number of fused-ring (bicyclic) bond motifs is 4. The van der Waals surface area contributed by atoms with Crippen molar-refractivity contribution in [2.75, 3.05) is 32.1 Å². The molecule has 196 valence electrons. The topological polar surface area (TPSA) is 101 Å². The molecule has 0 saturated heterocycles. The highest BCUT2D eigenvalue weighted by atomic mass is 32.2. The maximum absolute atomic E-state index is 13.0. The third-order valence-corrected chi connectivity index (χ3v) is 9.83. The van der Waals surface area contributed by atoms with Crippen molar-refractivity contribution < 1.29 is 13.2 Å². The Morgan fingerprint density at radius 3 is 2.57 bits per heavy atom. The number of amides is 1. The fraction of sp³-hybridized carbons (Fsp3) is 0.464. The number of anilines is 1. The molecule has 3 aromatic rings. The summed E-state index contributed by atoms with van der Waals surface area (Å²) in [5.41, 5.74) is 14.2. The predicted molar refractivity (Wildman–Crippen MR) is 147 cm³/mol. The fourth-order valence-corrected chi connectivity index (χ4v) is 7.06. The van der Waals surface area contributed by atoms with Crippen LogP contribution in [0.2, 0.25) is 0 Å². The third-order valence-electron chi connectivity index (χ3n) is 8.42. The number of nitrogens with two attached hydrogens (primary N) is 1. The average Bonchev–Trinajstić information content (AvgIpc) is 3.12. The highest BCUT2D eigenvalue weighted by Gasteiger charge is 2.34. The third kappa shape index (κ3) is 4.04. The van der Waals surface area contributed by atoms with Crippen LogP contribution in [0.3, 0.4) is 0 Å². The molecule has 0 unspecified atom stereocenters. The van der Waals surface area contributed by atoms with Gasteiger partial charge in [-0.3, -0.25) is 4.79 Å². The lowest BCUT2D eigenvalue weighted by Crippen LogP contribution is -2.39. The lowest BCUT2D eigenvalue weighted by atomic mass is 9.81. The van der Waals surface area contributed by atoms with E-state index >= 15 is 0 Å². The lowest BCUT2D eigenvalue weighted by molar-refractivity contribution is 0.0980. The molecule has 3 aliphatic rings. The zero-order chi connectivity index (χ0) is 25.9. The Morgan fingerprint density at radius 1 is 1.03 bits per heavy atom. The molecule has 2 aromatic carbocycles. The number of carbonyl (C=O) groups excluding carboxylic acids is 1. The Morgan fingerprint density at radius 2 is 1.81 bits per heavy atom. The van der Waals surface area contributed by atoms with Crippen molar-refractivity contribution in [3.05, 3.63) is 53.1 Å². The number of hydrogen-bond acceptors (Lipinski definition) is 5. The van der Waals surface area contributed by atoms with E-state index < -0.39 is 16.1 Å². The minimum Gasteiger partial charge on any atom is -0.369 e. The van der Waals surface area contributed by atoms with Crippen molar-refractivity contribution in [2.45, 2.75) is 57.0 Å². The van der Waals surface area contributed by atoms with Gasteiger partial charge in [-0.1, -0.05) is 43.5 Å². The smallest absolute Gasteiger partial charge is 0.303 e. The average molecular weight is 522 g/mol.